The Balaban J connectivity index is 2.73. The fourth-order valence-electron chi connectivity index (χ4n) is 2.86. The Kier molecular flexibility index (Phi) is 8.78. The first-order valence-electron chi connectivity index (χ1n) is 8.44. The first-order chi connectivity index (χ1) is 10.7. The third-order valence-corrected chi connectivity index (χ3v) is 4.15. The lowest BCUT2D eigenvalue weighted by Gasteiger charge is -2.33. The molecule has 0 heterocycles. The van der Waals surface area contributed by atoms with Gasteiger partial charge in [-0.2, -0.15) is 0 Å². The molecule has 0 aromatic heterocycles. The average Bonchev–Trinajstić information content (AvgIpc) is 2.56. The highest BCUT2D eigenvalue weighted by molar-refractivity contribution is 5.81. The van der Waals surface area contributed by atoms with Gasteiger partial charge in [0.25, 0.3) is 0 Å². The molecular formula is C18H31N3O. The Morgan fingerprint density at radius 1 is 1.09 bits per heavy atom. The van der Waals surface area contributed by atoms with E-state index in [-0.39, 0.29) is 11.9 Å². The number of hydrogen-bond acceptors (Lipinski definition) is 3. The Morgan fingerprint density at radius 2 is 1.73 bits per heavy atom. The van der Waals surface area contributed by atoms with Gasteiger partial charge >= 0.3 is 0 Å². The third-order valence-electron chi connectivity index (χ3n) is 4.15. The average molecular weight is 305 g/mol. The monoisotopic (exact) mass is 305 g/mol. The molecule has 0 radical (unpaired) electrons. The van der Waals surface area contributed by atoms with Crippen molar-refractivity contribution in [3.05, 3.63) is 35.9 Å². The first kappa shape index (κ1) is 18.7. The van der Waals surface area contributed by atoms with Crippen molar-refractivity contribution >= 4 is 5.91 Å². The van der Waals surface area contributed by atoms with Crippen LogP contribution in [-0.2, 0) is 11.2 Å². The Hall–Kier alpha value is -1.39. The number of likely N-dealkylation sites (N-methyl/N-ethyl adjacent to an activating group) is 1. The summed E-state index contributed by atoms with van der Waals surface area (Å²) in [6, 6.07) is 10.3. The molecule has 0 aliphatic heterocycles. The van der Waals surface area contributed by atoms with Gasteiger partial charge in [-0.15, -0.1) is 0 Å². The number of carbonyl (C=O) groups excluding carboxylic acids is 1. The van der Waals surface area contributed by atoms with Crippen LogP contribution in [-0.4, -0.2) is 54.5 Å². The minimum absolute atomic E-state index is 0.0303. The summed E-state index contributed by atoms with van der Waals surface area (Å²) in [7, 11) is 0. The summed E-state index contributed by atoms with van der Waals surface area (Å²) in [5.74, 6) is 0.215. The van der Waals surface area contributed by atoms with Crippen molar-refractivity contribution in [3.8, 4) is 0 Å². The topological polar surface area (TPSA) is 49.6 Å². The molecule has 124 valence electrons. The Morgan fingerprint density at radius 3 is 2.23 bits per heavy atom. The molecule has 0 spiro atoms. The van der Waals surface area contributed by atoms with Crippen LogP contribution in [0, 0.1) is 0 Å². The molecule has 1 rings (SSSR count). The van der Waals surface area contributed by atoms with Gasteiger partial charge in [0.2, 0.25) is 5.91 Å². The summed E-state index contributed by atoms with van der Waals surface area (Å²) in [5, 5.41) is 0. The highest BCUT2D eigenvalue weighted by Gasteiger charge is 2.26. The number of hydrogen-bond donors (Lipinski definition) is 1. The normalized spacial score (nSPS) is 12.4. The fourth-order valence-corrected chi connectivity index (χ4v) is 2.86. The zero-order valence-electron chi connectivity index (χ0n) is 14.3. The summed E-state index contributed by atoms with van der Waals surface area (Å²) in [4.78, 5) is 17.0. The van der Waals surface area contributed by atoms with Gasteiger partial charge in [0, 0.05) is 19.6 Å². The number of nitrogens with zero attached hydrogens (tertiary/aromatic N) is 2. The van der Waals surface area contributed by atoms with E-state index in [9.17, 15) is 4.79 Å². The second kappa shape index (κ2) is 10.4. The first-order valence-corrected chi connectivity index (χ1v) is 8.44. The van der Waals surface area contributed by atoms with E-state index in [1.165, 1.54) is 5.56 Å². The largest absolute Gasteiger partial charge is 0.340 e. The van der Waals surface area contributed by atoms with Crippen molar-refractivity contribution in [2.45, 2.75) is 39.7 Å². The van der Waals surface area contributed by atoms with Crippen LogP contribution in [0.2, 0.25) is 0 Å². The second-order valence-electron chi connectivity index (χ2n) is 5.49. The van der Waals surface area contributed by atoms with Crippen LogP contribution in [0.4, 0.5) is 0 Å². The summed E-state index contributed by atoms with van der Waals surface area (Å²) in [6.07, 6.45) is 1.72. The van der Waals surface area contributed by atoms with Gasteiger partial charge in [-0.05, 0) is 31.5 Å². The zero-order valence-corrected chi connectivity index (χ0v) is 14.3. The molecule has 4 heteroatoms. The molecular weight excluding hydrogens is 274 g/mol. The van der Waals surface area contributed by atoms with Gasteiger partial charge in [0.05, 0.1) is 6.04 Å². The predicted molar refractivity (Wildman–Crippen MR) is 92.8 cm³/mol. The third kappa shape index (κ3) is 5.43. The Labute approximate surface area is 135 Å². The summed E-state index contributed by atoms with van der Waals surface area (Å²) in [6.45, 7) is 9.97. The molecule has 1 unspecified atom stereocenters. The molecule has 0 fully saturated rings. The molecule has 0 aliphatic carbocycles. The zero-order chi connectivity index (χ0) is 16.4. The van der Waals surface area contributed by atoms with Crippen LogP contribution >= 0.6 is 0 Å². The lowest BCUT2D eigenvalue weighted by atomic mass is 10.1. The number of rotatable bonds is 10. The number of benzene rings is 1. The van der Waals surface area contributed by atoms with E-state index in [4.69, 9.17) is 5.73 Å². The van der Waals surface area contributed by atoms with Gasteiger partial charge in [0.1, 0.15) is 0 Å². The van der Waals surface area contributed by atoms with Crippen LogP contribution in [0.25, 0.3) is 0 Å². The van der Waals surface area contributed by atoms with E-state index in [2.05, 4.69) is 37.8 Å². The molecule has 1 aromatic rings. The molecule has 0 bridgehead atoms. The van der Waals surface area contributed by atoms with E-state index < -0.39 is 0 Å². The number of carbonyl (C=O) groups is 1. The molecule has 22 heavy (non-hydrogen) atoms. The van der Waals surface area contributed by atoms with Gasteiger partial charge in [-0.3, -0.25) is 9.69 Å². The lowest BCUT2D eigenvalue weighted by molar-refractivity contribution is -0.137. The predicted octanol–water partition coefficient (Wildman–Crippen LogP) is 2.14. The molecule has 1 amide bonds. The van der Waals surface area contributed by atoms with Gasteiger partial charge in [0.15, 0.2) is 0 Å². The van der Waals surface area contributed by atoms with E-state index in [1.807, 2.05) is 23.1 Å². The van der Waals surface area contributed by atoms with Crippen LogP contribution < -0.4 is 5.73 Å². The van der Waals surface area contributed by atoms with E-state index >= 15 is 0 Å². The van der Waals surface area contributed by atoms with Crippen molar-refractivity contribution in [2.24, 2.45) is 5.73 Å². The van der Waals surface area contributed by atoms with Crippen molar-refractivity contribution in [2.75, 3.05) is 32.7 Å². The summed E-state index contributed by atoms with van der Waals surface area (Å²) >= 11 is 0. The summed E-state index contributed by atoms with van der Waals surface area (Å²) in [5.41, 5.74) is 6.97. The van der Waals surface area contributed by atoms with Crippen LogP contribution in [0.3, 0.4) is 0 Å². The van der Waals surface area contributed by atoms with E-state index in [1.54, 1.807) is 0 Å². The SMILES string of the molecule is CCC(C(=O)N(CCN)CCc1ccccc1)N(CC)CC. The Bertz CT molecular complexity index is 418. The fraction of sp³-hybridized carbons (Fsp3) is 0.611. The highest BCUT2D eigenvalue weighted by Crippen LogP contribution is 2.10. The highest BCUT2D eigenvalue weighted by atomic mass is 16.2. The number of nitrogens with two attached hydrogens (primary N) is 1. The molecule has 0 saturated heterocycles. The molecule has 1 aromatic carbocycles. The molecule has 1 atom stereocenters. The van der Waals surface area contributed by atoms with Crippen LogP contribution in [0.5, 0.6) is 0 Å². The van der Waals surface area contributed by atoms with Gasteiger partial charge < -0.3 is 10.6 Å². The molecule has 0 aliphatic rings. The lowest BCUT2D eigenvalue weighted by Crippen LogP contribution is -2.50. The van der Waals surface area contributed by atoms with Crippen LogP contribution in [0.1, 0.15) is 32.8 Å². The van der Waals surface area contributed by atoms with E-state index in [0.29, 0.717) is 13.1 Å². The quantitative estimate of drug-likeness (QED) is 0.720. The van der Waals surface area contributed by atoms with Gasteiger partial charge in [-0.1, -0.05) is 51.1 Å². The maximum absolute atomic E-state index is 12.9. The molecule has 2 N–H and O–H groups in total. The maximum Gasteiger partial charge on any atom is 0.239 e. The minimum atomic E-state index is -0.0303. The van der Waals surface area contributed by atoms with Crippen molar-refractivity contribution in [3.63, 3.8) is 0 Å². The maximum atomic E-state index is 12.9. The van der Waals surface area contributed by atoms with Gasteiger partial charge in [-0.25, -0.2) is 0 Å². The number of amides is 1. The van der Waals surface area contributed by atoms with Crippen molar-refractivity contribution in [1.29, 1.82) is 0 Å². The van der Waals surface area contributed by atoms with Crippen LogP contribution in [0.15, 0.2) is 30.3 Å². The smallest absolute Gasteiger partial charge is 0.239 e. The summed E-state index contributed by atoms with van der Waals surface area (Å²) < 4.78 is 0. The molecule has 4 nitrogen and oxygen atoms in total. The standard InChI is InChI=1S/C18H31N3O/c1-4-17(20(5-2)6-3)18(22)21(15-13-19)14-12-16-10-8-7-9-11-16/h7-11,17H,4-6,12-15,19H2,1-3H3. The van der Waals surface area contributed by atoms with E-state index in [0.717, 1.165) is 32.5 Å². The second-order valence-corrected chi connectivity index (χ2v) is 5.49. The minimum Gasteiger partial charge on any atom is -0.340 e. The van der Waals surface area contributed by atoms with Crippen molar-refractivity contribution in [1.82, 2.24) is 9.80 Å². The van der Waals surface area contributed by atoms with Crippen molar-refractivity contribution < 1.29 is 4.79 Å². The molecule has 0 saturated carbocycles.